The Balaban J connectivity index is 0.00000288. The Morgan fingerprint density at radius 3 is 2.67 bits per heavy atom. The summed E-state index contributed by atoms with van der Waals surface area (Å²) in [6, 6.07) is 1.86. The Bertz CT molecular complexity index is 683. The maximum atomic E-state index is 6.06. The van der Waals surface area contributed by atoms with Crippen LogP contribution in [0.25, 0.3) is 0 Å². The zero-order chi connectivity index (χ0) is 16.8. The highest BCUT2D eigenvalue weighted by molar-refractivity contribution is 14.0. The first-order chi connectivity index (χ1) is 11.0. The summed E-state index contributed by atoms with van der Waals surface area (Å²) in [5.74, 6) is 0.758. The van der Waals surface area contributed by atoms with Crippen LogP contribution >= 0.6 is 58.5 Å². The van der Waals surface area contributed by atoms with E-state index in [0.717, 1.165) is 36.7 Å². The molecule has 0 amide bonds. The molecular weight excluding hydrogens is 480 g/mol. The fourth-order valence-corrected chi connectivity index (χ4v) is 3.35. The van der Waals surface area contributed by atoms with E-state index in [4.69, 9.17) is 23.2 Å². The van der Waals surface area contributed by atoms with Gasteiger partial charge in [0.25, 0.3) is 0 Å². The van der Waals surface area contributed by atoms with Crippen molar-refractivity contribution in [2.24, 2.45) is 12.0 Å². The molecule has 2 aromatic heterocycles. The fourth-order valence-electron chi connectivity index (χ4n) is 2.12. The number of hydrogen-bond donors (Lipinski definition) is 2. The van der Waals surface area contributed by atoms with Gasteiger partial charge in [-0.2, -0.15) is 0 Å². The number of hydrogen-bond acceptors (Lipinski definition) is 3. The second kappa shape index (κ2) is 10.5. The molecule has 2 aromatic rings. The van der Waals surface area contributed by atoms with E-state index in [0.29, 0.717) is 16.7 Å². The van der Waals surface area contributed by atoms with E-state index in [9.17, 15) is 0 Å². The number of aliphatic imine (C=N–C) groups is 1. The summed E-state index contributed by atoms with van der Waals surface area (Å²) >= 11 is 13.8. The number of aryl methyl sites for hydroxylation is 2. The molecule has 0 aromatic carbocycles. The van der Waals surface area contributed by atoms with Gasteiger partial charge in [0, 0.05) is 43.8 Å². The minimum absolute atomic E-state index is 0. The van der Waals surface area contributed by atoms with Crippen LogP contribution in [-0.4, -0.2) is 29.1 Å². The quantitative estimate of drug-likeness (QED) is 0.272. The summed E-state index contributed by atoms with van der Waals surface area (Å²) in [7, 11) is 3.64. The minimum Gasteiger partial charge on any atom is -0.356 e. The van der Waals surface area contributed by atoms with Crippen LogP contribution in [-0.2, 0) is 20.0 Å². The lowest BCUT2D eigenvalue weighted by molar-refractivity contribution is 0.721. The van der Waals surface area contributed by atoms with Crippen molar-refractivity contribution in [3.63, 3.8) is 0 Å². The van der Waals surface area contributed by atoms with Crippen LogP contribution in [0.15, 0.2) is 16.4 Å². The van der Waals surface area contributed by atoms with Crippen LogP contribution in [0.2, 0.25) is 10.2 Å². The van der Waals surface area contributed by atoms with Crippen molar-refractivity contribution in [2.75, 3.05) is 13.6 Å². The normalized spacial score (nSPS) is 11.3. The lowest BCUT2D eigenvalue weighted by atomic mass is 10.3. The first-order valence-electron chi connectivity index (χ1n) is 7.36. The molecule has 0 unspecified atom stereocenters. The molecular formula is C15H22Cl2IN5S. The second-order valence-corrected chi connectivity index (χ2v) is 6.88. The predicted molar refractivity (Wildman–Crippen MR) is 114 cm³/mol. The molecule has 0 aliphatic heterocycles. The van der Waals surface area contributed by atoms with Crippen LogP contribution < -0.4 is 10.6 Å². The SMILES string of the molecule is CN=C(NCCCc1nc(C)cs1)NCc1cc(Cl)c(Cl)n1C.I. The topological polar surface area (TPSA) is 54.2 Å². The lowest BCUT2D eigenvalue weighted by Gasteiger charge is -2.12. The molecule has 0 saturated heterocycles. The van der Waals surface area contributed by atoms with E-state index >= 15 is 0 Å². The van der Waals surface area contributed by atoms with Gasteiger partial charge in [-0.05, 0) is 19.4 Å². The fraction of sp³-hybridized carbons (Fsp3) is 0.467. The number of nitrogens with zero attached hydrogens (tertiary/aromatic N) is 3. The number of halogens is 3. The third kappa shape index (κ3) is 6.09. The molecule has 2 heterocycles. The van der Waals surface area contributed by atoms with Crippen molar-refractivity contribution in [3.8, 4) is 0 Å². The predicted octanol–water partition coefficient (Wildman–Crippen LogP) is 4.01. The largest absolute Gasteiger partial charge is 0.356 e. The monoisotopic (exact) mass is 501 g/mol. The van der Waals surface area contributed by atoms with Crippen LogP contribution in [0.4, 0.5) is 0 Å². The van der Waals surface area contributed by atoms with Crippen molar-refractivity contribution in [1.82, 2.24) is 20.2 Å². The molecule has 2 N–H and O–H groups in total. The van der Waals surface area contributed by atoms with Crippen molar-refractivity contribution in [2.45, 2.75) is 26.3 Å². The molecule has 0 bridgehead atoms. The van der Waals surface area contributed by atoms with Gasteiger partial charge in [0.2, 0.25) is 0 Å². The molecule has 0 aliphatic rings. The Morgan fingerprint density at radius 1 is 1.38 bits per heavy atom. The van der Waals surface area contributed by atoms with Crippen molar-refractivity contribution >= 4 is 64.5 Å². The van der Waals surface area contributed by atoms with E-state index in [1.54, 1.807) is 18.4 Å². The summed E-state index contributed by atoms with van der Waals surface area (Å²) in [5, 5.41) is 10.9. The van der Waals surface area contributed by atoms with Gasteiger partial charge in [0.1, 0.15) is 5.15 Å². The molecule has 2 rings (SSSR count). The van der Waals surface area contributed by atoms with E-state index in [1.165, 1.54) is 5.01 Å². The summed E-state index contributed by atoms with van der Waals surface area (Å²) in [4.78, 5) is 8.68. The van der Waals surface area contributed by atoms with Crippen molar-refractivity contribution < 1.29 is 0 Å². The Kier molecular flexibility index (Phi) is 9.40. The highest BCUT2D eigenvalue weighted by Crippen LogP contribution is 2.24. The molecule has 0 aliphatic carbocycles. The molecule has 9 heteroatoms. The average molecular weight is 502 g/mol. The van der Waals surface area contributed by atoms with Crippen LogP contribution in [0.5, 0.6) is 0 Å². The van der Waals surface area contributed by atoms with E-state index in [2.05, 4.69) is 26.0 Å². The highest BCUT2D eigenvalue weighted by Gasteiger charge is 2.09. The molecule has 24 heavy (non-hydrogen) atoms. The minimum atomic E-state index is 0. The third-order valence-electron chi connectivity index (χ3n) is 3.40. The van der Waals surface area contributed by atoms with Crippen LogP contribution in [0.3, 0.4) is 0 Å². The van der Waals surface area contributed by atoms with Crippen molar-refractivity contribution in [1.29, 1.82) is 0 Å². The molecule has 0 radical (unpaired) electrons. The van der Waals surface area contributed by atoms with E-state index in [-0.39, 0.29) is 24.0 Å². The van der Waals surface area contributed by atoms with E-state index in [1.807, 2.05) is 24.6 Å². The Labute approximate surface area is 173 Å². The first kappa shape index (κ1) is 21.5. The second-order valence-electron chi connectivity index (χ2n) is 5.17. The number of aromatic nitrogens is 2. The van der Waals surface area contributed by atoms with Crippen LogP contribution in [0.1, 0.15) is 22.8 Å². The number of thiazole rings is 1. The van der Waals surface area contributed by atoms with Gasteiger partial charge in [0.15, 0.2) is 5.96 Å². The van der Waals surface area contributed by atoms with Gasteiger partial charge in [-0.25, -0.2) is 4.98 Å². The van der Waals surface area contributed by atoms with Gasteiger partial charge >= 0.3 is 0 Å². The summed E-state index contributed by atoms with van der Waals surface area (Å²) in [5.41, 5.74) is 2.09. The first-order valence-corrected chi connectivity index (χ1v) is 9.00. The van der Waals surface area contributed by atoms with Gasteiger partial charge in [-0.3, -0.25) is 4.99 Å². The van der Waals surface area contributed by atoms with Gasteiger partial charge in [-0.1, -0.05) is 23.2 Å². The van der Waals surface area contributed by atoms with Gasteiger partial charge < -0.3 is 15.2 Å². The Morgan fingerprint density at radius 2 is 2.12 bits per heavy atom. The molecule has 5 nitrogen and oxygen atoms in total. The smallest absolute Gasteiger partial charge is 0.191 e. The summed E-state index contributed by atoms with van der Waals surface area (Å²) in [6.07, 6.45) is 1.99. The lowest BCUT2D eigenvalue weighted by Crippen LogP contribution is -2.37. The molecule has 0 atom stereocenters. The molecule has 134 valence electrons. The maximum Gasteiger partial charge on any atom is 0.191 e. The summed E-state index contributed by atoms with van der Waals surface area (Å²) < 4.78 is 1.86. The zero-order valence-electron chi connectivity index (χ0n) is 13.9. The number of guanidine groups is 1. The molecule has 0 spiro atoms. The highest BCUT2D eigenvalue weighted by atomic mass is 127. The standard InChI is InChI=1S/C15H21Cl2N5S.HI/c1-10-9-23-13(21-10)5-4-6-19-15(18-2)20-8-11-7-12(16)14(17)22(11)3;/h7,9H,4-6,8H2,1-3H3,(H2,18,19,20);1H. The number of rotatable bonds is 6. The number of nitrogens with one attached hydrogen (secondary N) is 2. The summed E-state index contributed by atoms with van der Waals surface area (Å²) in [6.45, 7) is 3.47. The Hall–Kier alpha value is -0.510. The molecule has 0 fully saturated rings. The van der Waals surface area contributed by atoms with Crippen molar-refractivity contribution in [3.05, 3.63) is 38.0 Å². The van der Waals surface area contributed by atoms with Crippen LogP contribution in [0, 0.1) is 6.92 Å². The zero-order valence-corrected chi connectivity index (χ0v) is 18.6. The maximum absolute atomic E-state index is 6.06. The van der Waals surface area contributed by atoms with Gasteiger partial charge in [-0.15, -0.1) is 35.3 Å². The van der Waals surface area contributed by atoms with Gasteiger partial charge in [0.05, 0.1) is 16.6 Å². The third-order valence-corrected chi connectivity index (χ3v) is 5.27. The average Bonchev–Trinajstić information content (AvgIpc) is 3.05. The van der Waals surface area contributed by atoms with E-state index < -0.39 is 0 Å². The molecule has 0 saturated carbocycles.